The van der Waals surface area contributed by atoms with Crippen LogP contribution in [0.1, 0.15) is 0 Å². The lowest BCUT2D eigenvalue weighted by Crippen LogP contribution is -2.24. The minimum atomic E-state index is -0.584. The van der Waals surface area contributed by atoms with Gasteiger partial charge in [0.25, 0.3) is 0 Å². The fourth-order valence-electron chi connectivity index (χ4n) is 0.971. The zero-order chi connectivity index (χ0) is 12.5. The van der Waals surface area contributed by atoms with Crippen molar-refractivity contribution in [1.82, 2.24) is 5.32 Å². The van der Waals surface area contributed by atoms with Crippen LogP contribution in [0.4, 0.5) is 0 Å². The van der Waals surface area contributed by atoms with E-state index in [0.717, 1.165) is 0 Å². The van der Waals surface area contributed by atoms with Crippen LogP contribution in [0.15, 0.2) is 24.3 Å². The number of ether oxygens (including phenoxy) is 1. The van der Waals surface area contributed by atoms with Gasteiger partial charge in [0.2, 0.25) is 0 Å². The summed E-state index contributed by atoms with van der Waals surface area (Å²) in [5, 5.41) is 2.61. The Morgan fingerprint density at radius 3 is 2.53 bits per heavy atom. The predicted octanol–water partition coefficient (Wildman–Crippen LogP) is 1.10. The Morgan fingerprint density at radius 2 is 1.94 bits per heavy atom. The van der Waals surface area contributed by atoms with Crippen molar-refractivity contribution in [3.8, 4) is 11.5 Å². The summed E-state index contributed by atoms with van der Waals surface area (Å²) in [6.45, 7) is -0.0502. The standard InChI is InChI=1S/C10H12NO5P/c1-14-8-2-4-9(5-3-8)15-16-10(12)6-11-7-17-13/h2-5,11H,6-7H2,1H3/p+1. The van der Waals surface area contributed by atoms with E-state index in [1.54, 1.807) is 31.4 Å². The molecule has 1 atom stereocenters. The molecule has 0 amide bonds. The van der Waals surface area contributed by atoms with Gasteiger partial charge in [-0.15, -0.1) is 0 Å². The summed E-state index contributed by atoms with van der Waals surface area (Å²) < 4.78 is 15.1. The van der Waals surface area contributed by atoms with E-state index in [2.05, 4.69) is 10.2 Å². The Balaban J connectivity index is 2.29. The fourth-order valence-corrected chi connectivity index (χ4v) is 1.20. The lowest BCUT2D eigenvalue weighted by Gasteiger charge is -2.04. The van der Waals surface area contributed by atoms with Crippen molar-refractivity contribution in [1.29, 1.82) is 0 Å². The molecule has 17 heavy (non-hydrogen) atoms. The van der Waals surface area contributed by atoms with Gasteiger partial charge in [0.15, 0.2) is 12.0 Å². The molecule has 0 aliphatic rings. The minimum Gasteiger partial charge on any atom is -0.497 e. The molecule has 0 heterocycles. The second-order valence-electron chi connectivity index (χ2n) is 2.96. The van der Waals surface area contributed by atoms with Crippen molar-refractivity contribution in [2.24, 2.45) is 0 Å². The summed E-state index contributed by atoms with van der Waals surface area (Å²) in [4.78, 5) is 20.4. The van der Waals surface area contributed by atoms with Gasteiger partial charge in [-0.05, 0) is 24.3 Å². The van der Waals surface area contributed by atoms with Gasteiger partial charge in [0.05, 0.1) is 7.11 Å². The number of carbonyl (C=O) groups is 1. The van der Waals surface area contributed by atoms with Gasteiger partial charge in [0.1, 0.15) is 12.3 Å². The van der Waals surface area contributed by atoms with Crippen molar-refractivity contribution in [3.05, 3.63) is 24.3 Å². The predicted molar refractivity (Wildman–Crippen MR) is 61.6 cm³/mol. The maximum absolute atomic E-state index is 11.1. The molecule has 7 heteroatoms. The van der Waals surface area contributed by atoms with Crippen LogP contribution >= 0.6 is 8.46 Å². The summed E-state index contributed by atoms with van der Waals surface area (Å²) in [5.41, 5.74) is 0. The Labute approximate surface area is 100.0 Å². The highest BCUT2D eigenvalue weighted by Crippen LogP contribution is 2.16. The third kappa shape index (κ3) is 5.29. The van der Waals surface area contributed by atoms with Gasteiger partial charge in [-0.2, -0.15) is 0 Å². The maximum Gasteiger partial charge on any atom is 0.369 e. The molecular formula is C10H13NO5P+. The van der Waals surface area contributed by atoms with E-state index in [1.165, 1.54) is 0 Å². The van der Waals surface area contributed by atoms with E-state index in [-0.39, 0.29) is 12.8 Å². The van der Waals surface area contributed by atoms with Crippen LogP contribution in [0.25, 0.3) is 0 Å². The van der Waals surface area contributed by atoms with Crippen LogP contribution in [0, 0.1) is 0 Å². The zero-order valence-corrected chi connectivity index (χ0v) is 10.3. The van der Waals surface area contributed by atoms with Gasteiger partial charge in [-0.1, -0.05) is 4.57 Å². The number of benzene rings is 1. The first kappa shape index (κ1) is 13.4. The van der Waals surface area contributed by atoms with Crippen molar-refractivity contribution in [3.63, 3.8) is 0 Å². The third-order valence-corrected chi connectivity index (χ3v) is 2.15. The summed E-state index contributed by atoms with van der Waals surface area (Å²) >= 11 is 0. The molecule has 0 aromatic heterocycles. The van der Waals surface area contributed by atoms with E-state index in [4.69, 9.17) is 9.62 Å². The van der Waals surface area contributed by atoms with E-state index in [1.807, 2.05) is 0 Å². The number of rotatable bonds is 7. The highest BCUT2D eigenvalue weighted by atomic mass is 31.1. The first-order valence-corrected chi connectivity index (χ1v) is 5.95. The van der Waals surface area contributed by atoms with Crippen molar-refractivity contribution >= 4 is 14.4 Å². The summed E-state index contributed by atoms with van der Waals surface area (Å²) in [6, 6.07) is 6.58. The van der Waals surface area contributed by atoms with E-state index < -0.39 is 14.4 Å². The molecule has 0 saturated heterocycles. The average molecular weight is 258 g/mol. The van der Waals surface area contributed by atoms with Gasteiger partial charge >= 0.3 is 14.4 Å². The summed E-state index contributed by atoms with van der Waals surface area (Å²) in [7, 11) is 1.06. The van der Waals surface area contributed by atoms with Crippen LogP contribution in [-0.4, -0.2) is 25.9 Å². The summed E-state index contributed by atoms with van der Waals surface area (Å²) in [5.74, 6) is 0.491. The molecule has 6 nitrogen and oxygen atoms in total. The maximum atomic E-state index is 11.1. The first-order valence-electron chi connectivity index (χ1n) is 4.83. The second kappa shape index (κ2) is 7.60. The van der Waals surface area contributed by atoms with Crippen LogP contribution < -0.4 is 14.9 Å². The van der Waals surface area contributed by atoms with E-state index >= 15 is 0 Å². The molecule has 1 unspecified atom stereocenters. The van der Waals surface area contributed by atoms with Gasteiger partial charge < -0.3 is 4.74 Å². The molecule has 0 bridgehead atoms. The van der Waals surface area contributed by atoms with E-state index in [0.29, 0.717) is 11.5 Å². The Kier molecular flexibility index (Phi) is 5.99. The molecule has 1 N–H and O–H groups in total. The normalized spacial score (nSPS) is 9.94. The highest BCUT2D eigenvalue weighted by molar-refractivity contribution is 7.23. The number of hydrogen-bond acceptors (Lipinski definition) is 6. The summed E-state index contributed by atoms with van der Waals surface area (Å²) in [6.07, 6.45) is 0.248. The molecule has 92 valence electrons. The van der Waals surface area contributed by atoms with Gasteiger partial charge in [-0.3, -0.25) is 10.2 Å². The molecule has 0 radical (unpaired) electrons. The van der Waals surface area contributed by atoms with Crippen molar-refractivity contribution in [2.75, 3.05) is 19.9 Å². The average Bonchev–Trinajstić information content (AvgIpc) is 2.37. The first-order chi connectivity index (χ1) is 8.26. The van der Waals surface area contributed by atoms with Crippen LogP contribution in [-0.2, 0) is 14.2 Å². The zero-order valence-electron chi connectivity index (χ0n) is 9.26. The van der Waals surface area contributed by atoms with Gasteiger partial charge in [-0.25, -0.2) is 9.68 Å². The number of nitrogens with one attached hydrogen (secondary N) is 1. The smallest absolute Gasteiger partial charge is 0.369 e. The molecule has 1 rings (SSSR count). The molecule has 0 aliphatic heterocycles. The lowest BCUT2D eigenvalue weighted by molar-refractivity contribution is -0.212. The largest absolute Gasteiger partial charge is 0.497 e. The monoisotopic (exact) mass is 258 g/mol. The number of hydrogen-bond donors (Lipinski definition) is 1. The number of carbonyl (C=O) groups excluding carboxylic acids is 1. The molecular weight excluding hydrogens is 245 g/mol. The molecule has 0 saturated carbocycles. The highest BCUT2D eigenvalue weighted by Gasteiger charge is 2.05. The van der Waals surface area contributed by atoms with Gasteiger partial charge in [0, 0.05) is 0 Å². The quantitative estimate of drug-likeness (QED) is 0.342. The Hall–Kier alpha value is -1.65. The Morgan fingerprint density at radius 1 is 1.29 bits per heavy atom. The molecule has 1 aromatic carbocycles. The second-order valence-corrected chi connectivity index (χ2v) is 3.60. The lowest BCUT2D eigenvalue weighted by atomic mass is 10.3. The Bertz CT molecular complexity index is 367. The number of methoxy groups -OCH3 is 1. The van der Waals surface area contributed by atoms with Crippen LogP contribution in [0.3, 0.4) is 0 Å². The van der Waals surface area contributed by atoms with Crippen molar-refractivity contribution < 1.29 is 23.9 Å². The van der Waals surface area contributed by atoms with Crippen molar-refractivity contribution in [2.45, 2.75) is 0 Å². The topological polar surface area (TPSA) is 73.9 Å². The van der Waals surface area contributed by atoms with Crippen LogP contribution in [0.5, 0.6) is 11.5 Å². The minimum absolute atomic E-state index is 0.0502. The van der Waals surface area contributed by atoms with Crippen LogP contribution in [0.2, 0.25) is 0 Å². The molecule has 0 aliphatic carbocycles. The molecule has 0 spiro atoms. The SMILES string of the molecule is COc1ccc(OOC(=O)CNC[PH+]=O)cc1. The fraction of sp³-hybridized carbons (Fsp3) is 0.300. The molecule has 0 fully saturated rings. The third-order valence-electron chi connectivity index (χ3n) is 1.76. The molecule has 1 aromatic rings. The van der Waals surface area contributed by atoms with E-state index in [9.17, 15) is 9.36 Å².